The van der Waals surface area contributed by atoms with Crippen LogP contribution in [-0.4, -0.2) is 25.4 Å². The van der Waals surface area contributed by atoms with Crippen LogP contribution in [0, 0.1) is 11.8 Å². The third-order valence-corrected chi connectivity index (χ3v) is 3.34. The zero-order valence-electron chi connectivity index (χ0n) is 6.12. The second kappa shape index (κ2) is 1.56. The molecule has 1 aliphatic heterocycles. The van der Waals surface area contributed by atoms with E-state index < -0.39 is 0 Å². The van der Waals surface area contributed by atoms with Crippen LogP contribution in [0.15, 0.2) is 0 Å². The zero-order valence-corrected chi connectivity index (χ0v) is 6.12. The largest absolute Gasteiger partial charge is 0.381 e. The van der Waals surface area contributed by atoms with Crippen molar-refractivity contribution >= 4 is 0 Å². The van der Waals surface area contributed by atoms with Crippen molar-refractivity contribution in [3.05, 3.63) is 0 Å². The predicted octanol–water partition coefficient (Wildman–Crippen LogP) is 0.809. The van der Waals surface area contributed by atoms with Crippen LogP contribution in [0.25, 0.3) is 0 Å². The summed E-state index contributed by atoms with van der Waals surface area (Å²) >= 11 is 0. The minimum Gasteiger partial charge on any atom is -0.381 e. The van der Waals surface area contributed by atoms with Crippen molar-refractivity contribution in [2.75, 3.05) is 7.11 Å². The normalized spacial score (nSPS) is 62.7. The lowest BCUT2D eigenvalue weighted by atomic mass is 9.98. The van der Waals surface area contributed by atoms with E-state index in [0.717, 1.165) is 11.8 Å². The Hall–Kier alpha value is -0.0800. The molecule has 10 heavy (non-hydrogen) atoms. The van der Waals surface area contributed by atoms with Crippen molar-refractivity contribution in [2.45, 2.75) is 31.2 Å². The molecule has 0 amide bonds. The number of fused-ring (bicyclic) bond motifs is 5. The smallest absolute Gasteiger partial charge is 0.0897 e. The molecule has 2 bridgehead atoms. The molecule has 0 aromatic heterocycles. The Kier molecular flexibility index (Phi) is 0.868. The molecule has 5 atom stereocenters. The van der Waals surface area contributed by atoms with Gasteiger partial charge in [-0.3, -0.25) is 0 Å². The number of epoxide rings is 1. The fourth-order valence-electron chi connectivity index (χ4n) is 2.82. The molecule has 2 saturated carbocycles. The highest BCUT2D eigenvalue weighted by molar-refractivity contribution is 5.11. The molecule has 3 rings (SSSR count). The minimum atomic E-state index is 0.522. The molecule has 2 nitrogen and oxygen atoms in total. The van der Waals surface area contributed by atoms with Crippen LogP contribution in [-0.2, 0) is 9.47 Å². The Labute approximate surface area is 60.5 Å². The van der Waals surface area contributed by atoms with E-state index in [0.29, 0.717) is 18.3 Å². The summed E-state index contributed by atoms with van der Waals surface area (Å²) in [6.07, 6.45) is 4.39. The minimum absolute atomic E-state index is 0.522. The van der Waals surface area contributed by atoms with Crippen molar-refractivity contribution in [2.24, 2.45) is 11.8 Å². The molecular formula is C8H12O2. The van der Waals surface area contributed by atoms with Gasteiger partial charge in [0, 0.05) is 13.0 Å². The maximum Gasteiger partial charge on any atom is 0.0897 e. The topological polar surface area (TPSA) is 21.8 Å². The van der Waals surface area contributed by atoms with Crippen LogP contribution in [0.4, 0.5) is 0 Å². The van der Waals surface area contributed by atoms with Crippen LogP contribution in [0.5, 0.6) is 0 Å². The van der Waals surface area contributed by atoms with Gasteiger partial charge < -0.3 is 9.47 Å². The first-order chi connectivity index (χ1) is 4.90. The summed E-state index contributed by atoms with van der Waals surface area (Å²) in [6.45, 7) is 0. The molecule has 3 fully saturated rings. The van der Waals surface area contributed by atoms with E-state index in [1.54, 1.807) is 0 Å². The lowest BCUT2D eigenvalue weighted by molar-refractivity contribution is 0.0582. The Balaban J connectivity index is 1.85. The number of methoxy groups -OCH3 is 1. The quantitative estimate of drug-likeness (QED) is 0.503. The predicted molar refractivity (Wildman–Crippen MR) is 35.7 cm³/mol. The van der Waals surface area contributed by atoms with Crippen LogP contribution < -0.4 is 0 Å². The lowest BCUT2D eigenvalue weighted by Crippen LogP contribution is -2.24. The van der Waals surface area contributed by atoms with Gasteiger partial charge in [-0.15, -0.1) is 0 Å². The van der Waals surface area contributed by atoms with Crippen molar-refractivity contribution in [3.63, 3.8) is 0 Å². The van der Waals surface area contributed by atoms with Crippen molar-refractivity contribution in [3.8, 4) is 0 Å². The van der Waals surface area contributed by atoms with Gasteiger partial charge in [-0.2, -0.15) is 0 Å². The standard InChI is InChI=1S/C8H12O2/c1-9-6-3-4-2-5(6)8-7(4)10-8/h4-8H,2-3H2,1H3. The Morgan fingerprint density at radius 1 is 1.30 bits per heavy atom. The number of rotatable bonds is 1. The molecule has 0 spiro atoms. The third kappa shape index (κ3) is 0.487. The van der Waals surface area contributed by atoms with Gasteiger partial charge in [-0.25, -0.2) is 0 Å². The lowest BCUT2D eigenvalue weighted by Gasteiger charge is -2.16. The summed E-state index contributed by atoms with van der Waals surface area (Å²) < 4.78 is 10.9. The van der Waals surface area contributed by atoms with Crippen molar-refractivity contribution < 1.29 is 9.47 Å². The highest BCUT2D eigenvalue weighted by Gasteiger charge is 2.63. The molecule has 2 aliphatic carbocycles. The molecule has 0 N–H and O–H groups in total. The second-order valence-corrected chi connectivity index (χ2v) is 3.73. The first kappa shape index (κ1) is 5.56. The molecule has 1 saturated heterocycles. The third-order valence-electron chi connectivity index (χ3n) is 3.34. The molecule has 5 unspecified atom stereocenters. The first-order valence-corrected chi connectivity index (χ1v) is 4.08. The Bertz CT molecular complexity index is 169. The fourth-order valence-corrected chi connectivity index (χ4v) is 2.82. The van der Waals surface area contributed by atoms with E-state index in [2.05, 4.69) is 0 Å². The van der Waals surface area contributed by atoms with E-state index in [1.165, 1.54) is 12.8 Å². The van der Waals surface area contributed by atoms with Crippen LogP contribution in [0.3, 0.4) is 0 Å². The van der Waals surface area contributed by atoms with E-state index in [4.69, 9.17) is 9.47 Å². The molecular weight excluding hydrogens is 128 g/mol. The van der Waals surface area contributed by atoms with Gasteiger partial charge in [0.25, 0.3) is 0 Å². The maximum absolute atomic E-state index is 5.49. The van der Waals surface area contributed by atoms with Gasteiger partial charge in [0.2, 0.25) is 0 Å². The Morgan fingerprint density at radius 2 is 2.20 bits per heavy atom. The van der Waals surface area contributed by atoms with E-state index in [-0.39, 0.29) is 0 Å². The summed E-state index contributed by atoms with van der Waals surface area (Å²) in [7, 11) is 1.82. The molecule has 1 heterocycles. The number of hydrogen-bond acceptors (Lipinski definition) is 2. The average Bonchev–Trinajstić information content (AvgIpc) is 2.58. The molecule has 0 aromatic rings. The molecule has 3 aliphatic rings. The molecule has 56 valence electrons. The van der Waals surface area contributed by atoms with E-state index >= 15 is 0 Å². The maximum atomic E-state index is 5.49. The van der Waals surface area contributed by atoms with Crippen molar-refractivity contribution in [1.29, 1.82) is 0 Å². The fraction of sp³-hybridized carbons (Fsp3) is 1.00. The van der Waals surface area contributed by atoms with Gasteiger partial charge >= 0.3 is 0 Å². The number of hydrogen-bond donors (Lipinski definition) is 0. The van der Waals surface area contributed by atoms with Gasteiger partial charge in [-0.1, -0.05) is 0 Å². The Morgan fingerprint density at radius 3 is 2.80 bits per heavy atom. The summed E-state index contributed by atoms with van der Waals surface area (Å²) in [5.41, 5.74) is 0. The molecule has 2 heteroatoms. The number of ether oxygens (including phenoxy) is 2. The average molecular weight is 140 g/mol. The summed E-state index contributed by atoms with van der Waals surface area (Å²) in [5.74, 6) is 1.60. The first-order valence-electron chi connectivity index (χ1n) is 4.08. The van der Waals surface area contributed by atoms with Gasteiger partial charge in [0.1, 0.15) is 0 Å². The SMILES string of the molecule is COC1CC2CC1C1OC21. The second-order valence-electron chi connectivity index (χ2n) is 3.73. The van der Waals surface area contributed by atoms with Crippen LogP contribution >= 0.6 is 0 Å². The zero-order chi connectivity index (χ0) is 6.72. The summed E-state index contributed by atoms with van der Waals surface area (Å²) in [4.78, 5) is 0. The highest BCUT2D eigenvalue weighted by atomic mass is 16.6. The van der Waals surface area contributed by atoms with Crippen LogP contribution in [0.1, 0.15) is 12.8 Å². The van der Waals surface area contributed by atoms with Crippen molar-refractivity contribution in [1.82, 2.24) is 0 Å². The summed E-state index contributed by atoms with van der Waals surface area (Å²) in [6, 6.07) is 0. The van der Waals surface area contributed by atoms with E-state index in [9.17, 15) is 0 Å². The summed E-state index contributed by atoms with van der Waals surface area (Å²) in [5, 5.41) is 0. The van der Waals surface area contributed by atoms with E-state index in [1.807, 2.05) is 7.11 Å². The van der Waals surface area contributed by atoms with Gasteiger partial charge in [0.15, 0.2) is 0 Å². The van der Waals surface area contributed by atoms with Gasteiger partial charge in [-0.05, 0) is 18.8 Å². The molecule has 0 aromatic carbocycles. The van der Waals surface area contributed by atoms with Gasteiger partial charge in [0.05, 0.1) is 18.3 Å². The van der Waals surface area contributed by atoms with Crippen LogP contribution in [0.2, 0.25) is 0 Å². The molecule has 0 radical (unpaired) electrons. The monoisotopic (exact) mass is 140 g/mol. The highest BCUT2D eigenvalue weighted by Crippen LogP contribution is 2.56.